The van der Waals surface area contributed by atoms with E-state index in [1.165, 1.54) is 24.0 Å². The van der Waals surface area contributed by atoms with E-state index in [1.807, 2.05) is 0 Å². The van der Waals surface area contributed by atoms with Gasteiger partial charge in [0, 0.05) is 5.25 Å². The van der Waals surface area contributed by atoms with E-state index in [0.717, 1.165) is 0 Å². The number of rotatable bonds is 0. The molecule has 0 aromatic heterocycles. The summed E-state index contributed by atoms with van der Waals surface area (Å²) >= 11 is 2.19. The predicted octanol–water partition coefficient (Wildman–Crippen LogP) is 4.99. The number of hydrogen-bond donors (Lipinski definition) is 0. The number of benzene rings is 2. The maximum Gasteiger partial charge on any atom is 0.0737 e. The maximum absolute atomic E-state index is 2.49. The third kappa shape index (κ3) is 1.20. The summed E-state index contributed by atoms with van der Waals surface area (Å²) in [6, 6.07) is 18.1. The molecule has 1 saturated heterocycles. The van der Waals surface area contributed by atoms with E-state index in [2.05, 4.69) is 72.4 Å². The molecule has 4 aliphatic rings. The van der Waals surface area contributed by atoms with Crippen molar-refractivity contribution < 1.29 is 0 Å². The molecule has 20 heavy (non-hydrogen) atoms. The highest BCUT2D eigenvalue weighted by atomic mass is 32.2. The van der Waals surface area contributed by atoms with E-state index in [-0.39, 0.29) is 4.75 Å². The van der Waals surface area contributed by atoms with Gasteiger partial charge in [-0.05, 0) is 41.0 Å². The Balaban J connectivity index is 1.87. The van der Waals surface area contributed by atoms with Crippen molar-refractivity contribution in [3.63, 3.8) is 0 Å². The highest BCUT2D eigenvalue weighted by molar-refractivity contribution is 8.01. The molecule has 2 aromatic rings. The standard InChI is InChI=1S/C19H16S/c1-3-7-17-15(5-1)16-6-2-4-8-18(16)19(17)13-9-11-14(20-19)12-10-13/h1-9,11,13-14H,10,12H2. The van der Waals surface area contributed by atoms with Gasteiger partial charge in [0.05, 0.1) is 4.75 Å². The largest absolute Gasteiger partial charge is 0.137 e. The fourth-order valence-corrected chi connectivity index (χ4v) is 6.19. The van der Waals surface area contributed by atoms with Crippen molar-refractivity contribution in [2.24, 2.45) is 5.92 Å². The van der Waals surface area contributed by atoms with Crippen molar-refractivity contribution in [1.29, 1.82) is 0 Å². The third-order valence-corrected chi connectivity index (χ3v) is 6.93. The smallest absolute Gasteiger partial charge is 0.0737 e. The van der Waals surface area contributed by atoms with Crippen LogP contribution in [0.4, 0.5) is 0 Å². The normalized spacial score (nSPS) is 27.6. The first-order valence-electron chi connectivity index (χ1n) is 7.45. The number of fused-ring (bicyclic) bond motifs is 4. The number of hydrogen-bond acceptors (Lipinski definition) is 1. The van der Waals surface area contributed by atoms with Crippen molar-refractivity contribution in [1.82, 2.24) is 0 Å². The molecule has 2 aliphatic heterocycles. The van der Waals surface area contributed by atoms with E-state index in [4.69, 9.17) is 0 Å². The lowest BCUT2D eigenvalue weighted by atomic mass is 9.77. The van der Waals surface area contributed by atoms with Crippen LogP contribution in [0, 0.1) is 5.92 Å². The van der Waals surface area contributed by atoms with Crippen molar-refractivity contribution in [3.05, 3.63) is 71.8 Å². The molecule has 2 aliphatic carbocycles. The van der Waals surface area contributed by atoms with E-state index in [0.29, 0.717) is 11.2 Å². The second-order valence-corrected chi connectivity index (χ2v) is 7.54. The quantitative estimate of drug-likeness (QED) is 0.611. The van der Waals surface area contributed by atoms with Crippen LogP contribution in [0.2, 0.25) is 0 Å². The average molecular weight is 276 g/mol. The van der Waals surface area contributed by atoms with Crippen LogP contribution >= 0.6 is 11.8 Å². The van der Waals surface area contributed by atoms with Gasteiger partial charge in [-0.3, -0.25) is 0 Å². The Bertz CT molecular complexity index is 683. The van der Waals surface area contributed by atoms with E-state index < -0.39 is 0 Å². The highest BCUT2D eigenvalue weighted by Crippen LogP contribution is 2.65. The van der Waals surface area contributed by atoms with Crippen LogP contribution < -0.4 is 0 Å². The van der Waals surface area contributed by atoms with Crippen LogP contribution in [0.15, 0.2) is 60.7 Å². The lowest BCUT2D eigenvalue weighted by Crippen LogP contribution is -2.39. The Morgan fingerprint density at radius 3 is 1.95 bits per heavy atom. The van der Waals surface area contributed by atoms with Crippen LogP contribution in [0.1, 0.15) is 24.0 Å². The molecule has 2 aromatic carbocycles. The molecule has 1 fully saturated rings. The summed E-state index contributed by atoms with van der Waals surface area (Å²) < 4.78 is 0.185. The molecule has 0 saturated carbocycles. The first kappa shape index (κ1) is 11.2. The van der Waals surface area contributed by atoms with Gasteiger partial charge < -0.3 is 0 Å². The van der Waals surface area contributed by atoms with Gasteiger partial charge in [-0.2, -0.15) is 0 Å². The third-order valence-electron chi connectivity index (χ3n) is 5.12. The average Bonchev–Trinajstić information content (AvgIpc) is 2.81. The van der Waals surface area contributed by atoms with Gasteiger partial charge in [0.15, 0.2) is 0 Å². The lowest BCUT2D eigenvalue weighted by Gasteiger charge is -2.47. The Labute approximate surface area is 123 Å². The molecule has 1 spiro atoms. The molecule has 2 atom stereocenters. The summed E-state index contributed by atoms with van der Waals surface area (Å²) in [5.41, 5.74) is 6.00. The molecule has 0 N–H and O–H groups in total. The first-order valence-corrected chi connectivity index (χ1v) is 8.33. The minimum Gasteiger partial charge on any atom is -0.137 e. The SMILES string of the molecule is C1=CC2CCC1SC21c2ccccc2-c2ccccc21. The highest BCUT2D eigenvalue weighted by Gasteiger charge is 2.52. The molecule has 98 valence electrons. The molecule has 6 rings (SSSR count). The minimum atomic E-state index is 0.185. The summed E-state index contributed by atoms with van der Waals surface area (Å²) in [5.74, 6) is 0.655. The second kappa shape index (κ2) is 3.79. The molecular weight excluding hydrogens is 260 g/mol. The maximum atomic E-state index is 2.49. The van der Waals surface area contributed by atoms with Crippen molar-refractivity contribution >= 4 is 11.8 Å². The van der Waals surface area contributed by atoms with E-state index in [1.54, 1.807) is 11.1 Å². The molecule has 2 heterocycles. The van der Waals surface area contributed by atoms with Crippen molar-refractivity contribution in [2.45, 2.75) is 22.8 Å². The molecule has 2 bridgehead atoms. The fourth-order valence-electron chi connectivity index (χ4n) is 4.31. The van der Waals surface area contributed by atoms with Gasteiger partial charge in [0.2, 0.25) is 0 Å². The molecule has 0 radical (unpaired) electrons. The zero-order valence-electron chi connectivity index (χ0n) is 11.3. The summed E-state index contributed by atoms with van der Waals surface area (Å²) in [6.07, 6.45) is 7.60. The monoisotopic (exact) mass is 276 g/mol. The minimum absolute atomic E-state index is 0.185. The second-order valence-electron chi connectivity index (χ2n) is 6.05. The predicted molar refractivity (Wildman–Crippen MR) is 85.9 cm³/mol. The Hall–Kier alpha value is -1.47. The van der Waals surface area contributed by atoms with Crippen LogP contribution in [0.25, 0.3) is 11.1 Å². The van der Waals surface area contributed by atoms with Gasteiger partial charge in [-0.25, -0.2) is 0 Å². The number of thioether (sulfide) groups is 1. The summed E-state index contributed by atoms with van der Waals surface area (Å²) in [7, 11) is 0. The van der Waals surface area contributed by atoms with Crippen LogP contribution in [-0.4, -0.2) is 5.25 Å². The van der Waals surface area contributed by atoms with Crippen molar-refractivity contribution in [2.75, 3.05) is 0 Å². The van der Waals surface area contributed by atoms with E-state index in [9.17, 15) is 0 Å². The summed E-state index contributed by atoms with van der Waals surface area (Å²) in [6.45, 7) is 0. The zero-order chi connectivity index (χ0) is 13.2. The number of allylic oxidation sites excluding steroid dienone is 1. The van der Waals surface area contributed by atoms with Crippen LogP contribution in [0.5, 0.6) is 0 Å². The van der Waals surface area contributed by atoms with Crippen LogP contribution in [0.3, 0.4) is 0 Å². The van der Waals surface area contributed by atoms with Gasteiger partial charge in [0.1, 0.15) is 0 Å². The first-order chi connectivity index (χ1) is 9.89. The van der Waals surface area contributed by atoms with Gasteiger partial charge in [0.25, 0.3) is 0 Å². The van der Waals surface area contributed by atoms with Crippen LogP contribution in [-0.2, 0) is 4.75 Å². The summed E-state index contributed by atoms with van der Waals surface area (Å²) in [4.78, 5) is 0. The molecule has 1 heteroatoms. The molecule has 0 amide bonds. The fraction of sp³-hybridized carbons (Fsp3) is 0.263. The Kier molecular flexibility index (Phi) is 2.13. The Morgan fingerprint density at radius 2 is 1.45 bits per heavy atom. The molecule has 2 unspecified atom stereocenters. The molecule has 0 nitrogen and oxygen atoms in total. The topological polar surface area (TPSA) is 0 Å². The molecular formula is C19H16S. The van der Waals surface area contributed by atoms with Gasteiger partial charge in [-0.15, -0.1) is 11.8 Å². The van der Waals surface area contributed by atoms with Crippen molar-refractivity contribution in [3.8, 4) is 11.1 Å². The Morgan fingerprint density at radius 1 is 0.800 bits per heavy atom. The lowest BCUT2D eigenvalue weighted by molar-refractivity contribution is 0.440. The van der Waals surface area contributed by atoms with E-state index >= 15 is 0 Å². The van der Waals surface area contributed by atoms with Gasteiger partial charge >= 0.3 is 0 Å². The zero-order valence-corrected chi connectivity index (χ0v) is 12.1. The van der Waals surface area contributed by atoms with Gasteiger partial charge in [-0.1, -0.05) is 60.7 Å². The summed E-state index contributed by atoms with van der Waals surface area (Å²) in [5, 5.41) is 0.694.